The summed E-state index contributed by atoms with van der Waals surface area (Å²) >= 11 is 3.32. The summed E-state index contributed by atoms with van der Waals surface area (Å²) in [6, 6.07) is 4.08. The highest BCUT2D eigenvalue weighted by Crippen LogP contribution is 2.18. The molecule has 0 spiro atoms. The summed E-state index contributed by atoms with van der Waals surface area (Å²) in [4.78, 5) is 12.3. The molecule has 0 bridgehead atoms. The molecule has 2 rings (SSSR count). The van der Waals surface area contributed by atoms with Gasteiger partial charge in [0.05, 0.1) is 10.7 Å². The molecule has 0 amide bonds. The van der Waals surface area contributed by atoms with Gasteiger partial charge in [0.15, 0.2) is 5.78 Å². The lowest BCUT2D eigenvalue weighted by Crippen LogP contribution is -2.13. The minimum Gasteiger partial charge on any atom is -0.292 e. The molecule has 2 aromatic rings. The molecule has 0 N–H and O–H groups in total. The quantitative estimate of drug-likeness (QED) is 0.814. The van der Waals surface area contributed by atoms with E-state index in [1.807, 2.05) is 32.9 Å². The van der Waals surface area contributed by atoms with Gasteiger partial charge in [-0.3, -0.25) is 9.48 Å². The molecule has 0 fully saturated rings. The number of rotatable bonds is 3. The van der Waals surface area contributed by atoms with E-state index in [9.17, 15) is 4.79 Å². The smallest absolute Gasteiger partial charge is 0.184 e. The number of Topliss-reactive ketones (excluding diaryl/α,β-unsaturated/α-hetero) is 1. The van der Waals surface area contributed by atoms with E-state index in [0.29, 0.717) is 0 Å². The molecule has 3 nitrogen and oxygen atoms in total. The fourth-order valence-electron chi connectivity index (χ4n) is 2.27. The van der Waals surface area contributed by atoms with Crippen LogP contribution in [0, 0.1) is 20.8 Å². The van der Waals surface area contributed by atoms with Crippen LogP contribution in [0.3, 0.4) is 0 Å². The molecule has 1 heterocycles. The van der Waals surface area contributed by atoms with Gasteiger partial charge >= 0.3 is 0 Å². The first kappa shape index (κ1) is 13.0. The maximum Gasteiger partial charge on any atom is 0.184 e. The minimum atomic E-state index is 0.0978. The van der Waals surface area contributed by atoms with Crippen LogP contribution in [0.25, 0.3) is 0 Å². The Morgan fingerprint density at radius 1 is 1.28 bits per heavy atom. The molecule has 0 unspecified atom stereocenters. The number of carbonyl (C=O) groups excluding carboxylic acids is 1. The SMILES string of the molecule is Cc1cc(C)c(C(=O)Cn2cc(Br)cn2)c(C)c1. The van der Waals surface area contributed by atoms with Gasteiger partial charge in [0.1, 0.15) is 6.54 Å². The van der Waals surface area contributed by atoms with Crippen LogP contribution in [0.15, 0.2) is 29.0 Å². The van der Waals surface area contributed by atoms with E-state index in [1.54, 1.807) is 17.1 Å². The highest BCUT2D eigenvalue weighted by atomic mass is 79.9. The number of nitrogens with zero attached hydrogens (tertiary/aromatic N) is 2. The van der Waals surface area contributed by atoms with Gasteiger partial charge < -0.3 is 0 Å². The zero-order valence-corrected chi connectivity index (χ0v) is 12.3. The first-order valence-electron chi connectivity index (χ1n) is 5.76. The van der Waals surface area contributed by atoms with Crippen LogP contribution in [-0.4, -0.2) is 15.6 Å². The van der Waals surface area contributed by atoms with Crippen molar-refractivity contribution in [3.63, 3.8) is 0 Å². The number of ketones is 1. The van der Waals surface area contributed by atoms with Crippen molar-refractivity contribution in [2.24, 2.45) is 0 Å². The standard InChI is InChI=1S/C14H15BrN2O/c1-9-4-10(2)14(11(3)5-9)13(18)8-17-7-12(15)6-16-17/h4-7H,8H2,1-3H3. The van der Waals surface area contributed by atoms with Gasteiger partial charge in [-0.1, -0.05) is 17.7 Å². The lowest BCUT2D eigenvalue weighted by Gasteiger charge is -2.10. The molecule has 94 valence electrons. The number of hydrogen-bond acceptors (Lipinski definition) is 2. The molecular formula is C14H15BrN2O. The Kier molecular flexibility index (Phi) is 3.66. The summed E-state index contributed by atoms with van der Waals surface area (Å²) in [6.07, 6.45) is 3.49. The monoisotopic (exact) mass is 306 g/mol. The molecule has 0 atom stereocenters. The molecule has 0 aliphatic rings. The van der Waals surface area contributed by atoms with Gasteiger partial charge in [-0.2, -0.15) is 5.10 Å². The first-order valence-corrected chi connectivity index (χ1v) is 6.55. The average Bonchev–Trinajstić information content (AvgIpc) is 2.62. The van der Waals surface area contributed by atoms with Crippen LogP contribution in [0.5, 0.6) is 0 Å². The predicted octanol–water partition coefficient (Wildman–Crippen LogP) is 3.45. The van der Waals surface area contributed by atoms with E-state index in [4.69, 9.17) is 0 Å². The molecule has 1 aromatic carbocycles. The maximum atomic E-state index is 12.3. The number of carbonyl (C=O) groups is 1. The number of aromatic nitrogens is 2. The molecule has 1 aromatic heterocycles. The maximum absolute atomic E-state index is 12.3. The normalized spacial score (nSPS) is 10.7. The van der Waals surface area contributed by atoms with Crippen molar-refractivity contribution >= 4 is 21.7 Å². The Morgan fingerprint density at radius 3 is 2.39 bits per heavy atom. The Bertz CT molecular complexity index is 579. The number of benzene rings is 1. The molecule has 0 aliphatic heterocycles. The molecule has 0 saturated heterocycles. The molecule has 0 saturated carbocycles. The average molecular weight is 307 g/mol. The van der Waals surface area contributed by atoms with Crippen LogP contribution in [0.1, 0.15) is 27.0 Å². The topological polar surface area (TPSA) is 34.9 Å². The van der Waals surface area contributed by atoms with E-state index in [0.717, 1.165) is 21.2 Å². The molecule has 4 heteroatoms. The van der Waals surface area contributed by atoms with E-state index >= 15 is 0 Å². The van der Waals surface area contributed by atoms with Crippen molar-refractivity contribution in [1.82, 2.24) is 9.78 Å². The Balaban J connectivity index is 2.29. The largest absolute Gasteiger partial charge is 0.292 e. The number of halogens is 1. The van der Waals surface area contributed by atoms with E-state index in [2.05, 4.69) is 21.0 Å². The Labute approximate surface area is 115 Å². The minimum absolute atomic E-state index is 0.0978. The van der Waals surface area contributed by atoms with Gasteiger partial charge in [0.2, 0.25) is 0 Å². The summed E-state index contributed by atoms with van der Waals surface area (Å²) in [7, 11) is 0. The van der Waals surface area contributed by atoms with Gasteiger partial charge in [0.25, 0.3) is 0 Å². The van der Waals surface area contributed by atoms with Gasteiger partial charge in [-0.15, -0.1) is 0 Å². The highest BCUT2D eigenvalue weighted by Gasteiger charge is 2.13. The predicted molar refractivity (Wildman–Crippen MR) is 74.9 cm³/mol. The van der Waals surface area contributed by atoms with Crippen molar-refractivity contribution in [2.75, 3.05) is 0 Å². The zero-order valence-electron chi connectivity index (χ0n) is 10.7. The molecule has 0 aliphatic carbocycles. The van der Waals surface area contributed by atoms with Crippen molar-refractivity contribution < 1.29 is 4.79 Å². The van der Waals surface area contributed by atoms with Gasteiger partial charge in [-0.05, 0) is 47.8 Å². The second kappa shape index (κ2) is 5.06. The lowest BCUT2D eigenvalue weighted by atomic mass is 9.96. The first-order chi connectivity index (χ1) is 8.47. The van der Waals surface area contributed by atoms with Crippen molar-refractivity contribution in [2.45, 2.75) is 27.3 Å². The third-order valence-corrected chi connectivity index (χ3v) is 3.27. The second-order valence-electron chi connectivity index (χ2n) is 4.55. The van der Waals surface area contributed by atoms with Crippen LogP contribution >= 0.6 is 15.9 Å². The molecule has 18 heavy (non-hydrogen) atoms. The summed E-state index contributed by atoms with van der Waals surface area (Å²) in [6.45, 7) is 6.27. The van der Waals surface area contributed by atoms with Gasteiger partial charge in [-0.25, -0.2) is 0 Å². The fourth-order valence-corrected chi connectivity index (χ4v) is 2.60. The summed E-state index contributed by atoms with van der Waals surface area (Å²) < 4.78 is 2.53. The summed E-state index contributed by atoms with van der Waals surface area (Å²) in [5.41, 5.74) is 4.06. The van der Waals surface area contributed by atoms with Crippen LogP contribution in [0.2, 0.25) is 0 Å². The number of aryl methyl sites for hydroxylation is 3. The third-order valence-electron chi connectivity index (χ3n) is 2.86. The Morgan fingerprint density at radius 2 is 1.89 bits per heavy atom. The van der Waals surface area contributed by atoms with Crippen molar-refractivity contribution in [1.29, 1.82) is 0 Å². The van der Waals surface area contributed by atoms with E-state index in [1.165, 1.54) is 5.56 Å². The zero-order chi connectivity index (χ0) is 13.3. The van der Waals surface area contributed by atoms with Crippen LogP contribution in [0.4, 0.5) is 0 Å². The van der Waals surface area contributed by atoms with Crippen LogP contribution in [-0.2, 0) is 6.54 Å². The highest BCUT2D eigenvalue weighted by molar-refractivity contribution is 9.10. The second-order valence-corrected chi connectivity index (χ2v) is 5.47. The Hall–Kier alpha value is -1.42. The van der Waals surface area contributed by atoms with Gasteiger partial charge in [0, 0.05) is 11.8 Å². The van der Waals surface area contributed by atoms with E-state index < -0.39 is 0 Å². The lowest BCUT2D eigenvalue weighted by molar-refractivity contribution is 0.0966. The van der Waals surface area contributed by atoms with Crippen molar-refractivity contribution in [3.8, 4) is 0 Å². The van der Waals surface area contributed by atoms with Crippen molar-refractivity contribution in [3.05, 3.63) is 51.3 Å². The van der Waals surface area contributed by atoms with Crippen LogP contribution < -0.4 is 0 Å². The third kappa shape index (κ3) is 2.70. The number of hydrogen-bond donors (Lipinski definition) is 0. The molecular weight excluding hydrogens is 292 g/mol. The fraction of sp³-hybridized carbons (Fsp3) is 0.286. The summed E-state index contributed by atoms with van der Waals surface area (Å²) in [5.74, 6) is 0.0978. The van der Waals surface area contributed by atoms with E-state index in [-0.39, 0.29) is 12.3 Å². The summed E-state index contributed by atoms with van der Waals surface area (Å²) in [5, 5.41) is 4.11. The molecule has 0 radical (unpaired) electrons.